The predicted octanol–water partition coefficient (Wildman–Crippen LogP) is 1.95. The Morgan fingerprint density at radius 1 is 1.24 bits per heavy atom. The molecule has 1 atom stereocenters. The van der Waals surface area contributed by atoms with Gasteiger partial charge in [-0.25, -0.2) is 0 Å². The van der Waals surface area contributed by atoms with Crippen LogP contribution in [0.5, 0.6) is 5.75 Å². The van der Waals surface area contributed by atoms with Crippen LogP contribution in [-0.4, -0.2) is 44.1 Å². The minimum atomic E-state index is -0.356. The van der Waals surface area contributed by atoms with E-state index >= 15 is 0 Å². The van der Waals surface area contributed by atoms with Crippen LogP contribution in [-0.2, 0) is 14.3 Å². The number of aryl methyl sites for hydroxylation is 2. The first-order valence-corrected chi connectivity index (χ1v) is 6.87. The Morgan fingerprint density at radius 2 is 1.90 bits per heavy atom. The van der Waals surface area contributed by atoms with Crippen molar-refractivity contribution in [2.24, 2.45) is 5.92 Å². The Bertz CT molecular complexity index is 513. The average molecular weight is 293 g/mol. The van der Waals surface area contributed by atoms with Crippen molar-refractivity contribution in [3.05, 3.63) is 29.3 Å². The van der Waals surface area contributed by atoms with Gasteiger partial charge in [0, 0.05) is 13.6 Å². The number of likely N-dealkylation sites (N-methyl/N-ethyl adjacent to an activating group) is 1. The minimum Gasteiger partial charge on any atom is -0.484 e. The zero-order valence-electron chi connectivity index (χ0n) is 13.3. The highest BCUT2D eigenvalue weighted by molar-refractivity contribution is 5.79. The summed E-state index contributed by atoms with van der Waals surface area (Å²) in [6, 6.07) is 5.70. The number of esters is 1. The van der Waals surface area contributed by atoms with Crippen LogP contribution in [0.15, 0.2) is 18.2 Å². The molecule has 0 heterocycles. The molecule has 1 unspecified atom stereocenters. The van der Waals surface area contributed by atoms with Crippen LogP contribution in [0.2, 0.25) is 0 Å². The minimum absolute atomic E-state index is 0.0487. The van der Waals surface area contributed by atoms with Gasteiger partial charge in [-0.3, -0.25) is 9.59 Å². The van der Waals surface area contributed by atoms with Crippen LogP contribution in [0.3, 0.4) is 0 Å². The number of hydrogen-bond donors (Lipinski definition) is 0. The number of hydrogen-bond acceptors (Lipinski definition) is 4. The standard InChI is InChI=1S/C16H23NO4/c1-11-6-7-14(8-12(11)2)21-10-15(18)17(4)9-13(3)16(19)20-5/h6-8,13H,9-10H2,1-5H3. The molecule has 0 aliphatic carbocycles. The summed E-state index contributed by atoms with van der Waals surface area (Å²) < 4.78 is 10.1. The summed E-state index contributed by atoms with van der Waals surface area (Å²) in [7, 11) is 2.98. The Kier molecular flexibility index (Phi) is 6.21. The van der Waals surface area contributed by atoms with Crippen molar-refractivity contribution in [3.63, 3.8) is 0 Å². The maximum atomic E-state index is 12.0. The van der Waals surface area contributed by atoms with Gasteiger partial charge in [0.15, 0.2) is 6.61 Å². The number of carbonyl (C=O) groups is 2. The van der Waals surface area contributed by atoms with E-state index in [9.17, 15) is 9.59 Å². The quantitative estimate of drug-likeness (QED) is 0.752. The van der Waals surface area contributed by atoms with Crippen LogP contribution >= 0.6 is 0 Å². The highest BCUT2D eigenvalue weighted by atomic mass is 16.5. The lowest BCUT2D eigenvalue weighted by Gasteiger charge is -2.20. The zero-order chi connectivity index (χ0) is 16.0. The van der Waals surface area contributed by atoms with Crippen LogP contribution < -0.4 is 4.74 Å². The molecule has 0 saturated heterocycles. The molecule has 0 saturated carbocycles. The number of nitrogens with zero attached hydrogens (tertiary/aromatic N) is 1. The topological polar surface area (TPSA) is 55.8 Å². The molecule has 0 radical (unpaired) electrons. The van der Waals surface area contributed by atoms with E-state index in [-0.39, 0.29) is 24.4 Å². The van der Waals surface area contributed by atoms with Gasteiger partial charge < -0.3 is 14.4 Å². The smallest absolute Gasteiger partial charge is 0.310 e. The van der Waals surface area contributed by atoms with Crippen molar-refractivity contribution in [1.29, 1.82) is 0 Å². The molecule has 116 valence electrons. The maximum Gasteiger partial charge on any atom is 0.310 e. The van der Waals surface area contributed by atoms with Crippen LogP contribution in [0.1, 0.15) is 18.1 Å². The van der Waals surface area contributed by atoms with Crippen molar-refractivity contribution in [2.75, 3.05) is 27.3 Å². The van der Waals surface area contributed by atoms with E-state index in [0.29, 0.717) is 12.3 Å². The summed E-state index contributed by atoms with van der Waals surface area (Å²) in [6.45, 7) is 5.99. The molecule has 0 fully saturated rings. The van der Waals surface area contributed by atoms with Crippen molar-refractivity contribution in [2.45, 2.75) is 20.8 Å². The predicted molar refractivity (Wildman–Crippen MR) is 80.2 cm³/mol. The second kappa shape index (κ2) is 7.67. The lowest BCUT2D eigenvalue weighted by Crippen LogP contribution is -2.37. The fourth-order valence-corrected chi connectivity index (χ4v) is 1.85. The summed E-state index contributed by atoms with van der Waals surface area (Å²) in [5.41, 5.74) is 2.30. The van der Waals surface area contributed by atoms with Gasteiger partial charge in [0.1, 0.15) is 5.75 Å². The number of methoxy groups -OCH3 is 1. The molecule has 5 heteroatoms. The van der Waals surface area contributed by atoms with Crippen LogP contribution in [0, 0.1) is 19.8 Å². The van der Waals surface area contributed by atoms with Gasteiger partial charge >= 0.3 is 5.97 Å². The van der Waals surface area contributed by atoms with Crippen LogP contribution in [0.4, 0.5) is 0 Å². The third-order valence-corrected chi connectivity index (χ3v) is 3.42. The molecule has 1 amide bonds. The van der Waals surface area contributed by atoms with Crippen LogP contribution in [0.25, 0.3) is 0 Å². The molecule has 0 aromatic heterocycles. The van der Waals surface area contributed by atoms with Crippen molar-refractivity contribution in [3.8, 4) is 5.75 Å². The molecule has 1 aromatic carbocycles. The largest absolute Gasteiger partial charge is 0.484 e. The van der Waals surface area contributed by atoms with Gasteiger partial charge in [-0.1, -0.05) is 13.0 Å². The number of ether oxygens (including phenoxy) is 2. The van der Waals surface area contributed by atoms with Gasteiger partial charge in [0.2, 0.25) is 0 Å². The number of carbonyl (C=O) groups excluding carboxylic acids is 2. The van der Waals surface area contributed by atoms with Gasteiger partial charge in [0.05, 0.1) is 13.0 Å². The number of rotatable bonds is 6. The summed E-state index contributed by atoms with van der Waals surface area (Å²) >= 11 is 0. The highest BCUT2D eigenvalue weighted by Crippen LogP contribution is 2.16. The van der Waals surface area contributed by atoms with E-state index in [1.165, 1.54) is 17.6 Å². The fourth-order valence-electron chi connectivity index (χ4n) is 1.85. The van der Waals surface area contributed by atoms with E-state index in [4.69, 9.17) is 4.74 Å². The monoisotopic (exact) mass is 293 g/mol. The molecular weight excluding hydrogens is 270 g/mol. The molecule has 0 bridgehead atoms. The summed E-state index contributed by atoms with van der Waals surface area (Å²) in [5, 5.41) is 0. The molecule has 0 spiro atoms. The fraction of sp³-hybridized carbons (Fsp3) is 0.500. The van der Waals surface area contributed by atoms with Crippen molar-refractivity contribution in [1.82, 2.24) is 4.90 Å². The van der Waals surface area contributed by atoms with Gasteiger partial charge in [-0.2, -0.15) is 0 Å². The molecule has 0 N–H and O–H groups in total. The van der Waals surface area contributed by atoms with Gasteiger partial charge in [-0.05, 0) is 37.1 Å². The Hall–Kier alpha value is -2.04. The van der Waals surface area contributed by atoms with Gasteiger partial charge in [-0.15, -0.1) is 0 Å². The maximum absolute atomic E-state index is 12.0. The Morgan fingerprint density at radius 3 is 2.48 bits per heavy atom. The second-order valence-electron chi connectivity index (χ2n) is 5.23. The molecule has 21 heavy (non-hydrogen) atoms. The highest BCUT2D eigenvalue weighted by Gasteiger charge is 2.18. The molecule has 5 nitrogen and oxygen atoms in total. The van der Waals surface area contributed by atoms with Crippen molar-refractivity contribution < 1.29 is 19.1 Å². The molecule has 0 aliphatic heterocycles. The first-order valence-electron chi connectivity index (χ1n) is 6.87. The first kappa shape index (κ1) is 17.0. The second-order valence-corrected chi connectivity index (χ2v) is 5.23. The summed E-state index contributed by atoms with van der Waals surface area (Å²) in [5.74, 6) is -0.194. The van der Waals surface area contributed by atoms with Gasteiger partial charge in [0.25, 0.3) is 5.91 Å². The lowest BCUT2D eigenvalue weighted by molar-refractivity contribution is -0.146. The molecule has 1 aromatic rings. The third-order valence-electron chi connectivity index (χ3n) is 3.42. The number of amides is 1. The lowest BCUT2D eigenvalue weighted by atomic mass is 10.1. The van der Waals surface area contributed by atoms with E-state index in [1.54, 1.807) is 14.0 Å². The number of benzene rings is 1. The third kappa shape index (κ3) is 5.10. The molecule has 0 aliphatic rings. The summed E-state index contributed by atoms with van der Waals surface area (Å²) in [4.78, 5) is 24.8. The van der Waals surface area contributed by atoms with Crippen molar-refractivity contribution >= 4 is 11.9 Å². The molecular formula is C16H23NO4. The van der Waals surface area contributed by atoms with E-state index in [0.717, 1.165) is 5.56 Å². The SMILES string of the molecule is COC(=O)C(C)CN(C)C(=O)COc1ccc(C)c(C)c1. The van der Waals surface area contributed by atoms with E-state index < -0.39 is 0 Å². The zero-order valence-corrected chi connectivity index (χ0v) is 13.3. The van der Waals surface area contributed by atoms with E-state index in [2.05, 4.69) is 4.74 Å². The Labute approximate surface area is 125 Å². The normalized spacial score (nSPS) is 11.7. The molecule has 1 rings (SSSR count). The van der Waals surface area contributed by atoms with E-state index in [1.807, 2.05) is 32.0 Å². The Balaban J connectivity index is 2.49. The first-order chi connectivity index (χ1) is 9.85. The average Bonchev–Trinajstić information content (AvgIpc) is 2.46. The summed E-state index contributed by atoms with van der Waals surface area (Å²) in [6.07, 6.45) is 0.